The lowest BCUT2D eigenvalue weighted by Gasteiger charge is -2.08. The Morgan fingerprint density at radius 2 is 2.06 bits per heavy atom. The number of amides is 1. The van der Waals surface area contributed by atoms with Crippen LogP contribution >= 0.6 is 0 Å². The lowest BCUT2D eigenvalue weighted by Crippen LogP contribution is -2.15. The smallest absolute Gasteiger partial charge is 0.259 e. The van der Waals surface area contributed by atoms with Gasteiger partial charge in [0.15, 0.2) is 0 Å². The van der Waals surface area contributed by atoms with Crippen LogP contribution in [0.2, 0.25) is 0 Å². The van der Waals surface area contributed by atoms with Gasteiger partial charge < -0.3 is 10.6 Å². The predicted octanol–water partition coefficient (Wildman–Crippen LogP) is 1.91. The summed E-state index contributed by atoms with van der Waals surface area (Å²) in [5.74, 6) is -0.672. The van der Waals surface area contributed by atoms with Crippen LogP contribution in [-0.4, -0.2) is 22.9 Å². The molecule has 0 saturated carbocycles. The molecule has 1 amide bonds. The third kappa shape index (κ3) is 2.60. The van der Waals surface area contributed by atoms with E-state index in [1.165, 1.54) is 0 Å². The molecule has 2 rings (SSSR count). The zero-order valence-corrected chi connectivity index (χ0v) is 9.64. The maximum Gasteiger partial charge on any atom is 0.259 e. The molecule has 2 N–H and O–H groups in total. The van der Waals surface area contributed by atoms with Crippen LogP contribution in [0.25, 0.3) is 0 Å². The number of hydrogen-bond donors (Lipinski definition) is 2. The van der Waals surface area contributed by atoms with Crippen molar-refractivity contribution in [1.29, 1.82) is 0 Å². The van der Waals surface area contributed by atoms with Crippen LogP contribution < -0.4 is 10.6 Å². The molecule has 0 saturated heterocycles. The van der Waals surface area contributed by atoms with Crippen LogP contribution in [0.3, 0.4) is 0 Å². The van der Waals surface area contributed by atoms with Crippen LogP contribution in [0, 0.1) is 5.82 Å². The van der Waals surface area contributed by atoms with E-state index in [1.54, 1.807) is 31.6 Å². The van der Waals surface area contributed by atoms with E-state index in [-0.39, 0.29) is 5.56 Å². The second-order valence-corrected chi connectivity index (χ2v) is 3.49. The average molecular weight is 246 g/mol. The van der Waals surface area contributed by atoms with Gasteiger partial charge in [0.25, 0.3) is 5.91 Å². The number of hydrogen-bond acceptors (Lipinski definition) is 4. The van der Waals surface area contributed by atoms with Crippen molar-refractivity contribution < 1.29 is 9.18 Å². The van der Waals surface area contributed by atoms with Gasteiger partial charge in [0.1, 0.15) is 11.6 Å². The highest BCUT2D eigenvalue weighted by Gasteiger charge is 2.13. The lowest BCUT2D eigenvalue weighted by molar-refractivity contribution is 0.102. The van der Waals surface area contributed by atoms with Gasteiger partial charge in [-0.15, -0.1) is 0 Å². The summed E-state index contributed by atoms with van der Waals surface area (Å²) in [6.45, 7) is 0. The minimum absolute atomic E-state index is 0.148. The van der Waals surface area contributed by atoms with Gasteiger partial charge in [-0.2, -0.15) is 0 Å². The molecule has 92 valence electrons. The largest absolute Gasteiger partial charge is 0.372 e. The van der Waals surface area contributed by atoms with E-state index in [0.29, 0.717) is 11.5 Å². The Morgan fingerprint density at radius 1 is 1.33 bits per heavy atom. The summed E-state index contributed by atoms with van der Waals surface area (Å²) in [6, 6.07) is 4.42. The van der Waals surface area contributed by atoms with E-state index in [4.69, 9.17) is 0 Å². The number of halogens is 1. The highest BCUT2D eigenvalue weighted by atomic mass is 19.1. The summed E-state index contributed by atoms with van der Waals surface area (Å²) in [5, 5.41) is 5.37. The van der Waals surface area contributed by atoms with Gasteiger partial charge in [-0.1, -0.05) is 0 Å². The minimum atomic E-state index is -0.561. The molecule has 0 spiro atoms. The molecule has 6 heteroatoms. The van der Waals surface area contributed by atoms with Gasteiger partial charge in [0.2, 0.25) is 0 Å². The summed E-state index contributed by atoms with van der Waals surface area (Å²) < 4.78 is 13.1. The predicted molar refractivity (Wildman–Crippen MR) is 65.9 cm³/mol. The van der Waals surface area contributed by atoms with E-state index in [9.17, 15) is 9.18 Å². The summed E-state index contributed by atoms with van der Waals surface area (Å²) in [5.41, 5.74) is 0.732. The van der Waals surface area contributed by atoms with Crippen molar-refractivity contribution in [2.75, 3.05) is 17.7 Å². The Morgan fingerprint density at radius 3 is 2.72 bits per heavy atom. The second kappa shape index (κ2) is 5.22. The molecule has 0 bridgehead atoms. The number of carbonyl (C=O) groups is 1. The minimum Gasteiger partial charge on any atom is -0.372 e. The van der Waals surface area contributed by atoms with Gasteiger partial charge in [0.05, 0.1) is 11.8 Å². The SMILES string of the molecule is CNc1ncc(F)cc1C(=O)Nc1ccncc1. The van der Waals surface area contributed by atoms with E-state index < -0.39 is 11.7 Å². The molecule has 5 nitrogen and oxygen atoms in total. The molecule has 18 heavy (non-hydrogen) atoms. The molecule has 0 aliphatic carbocycles. The Labute approximate surface area is 103 Å². The molecule has 0 aliphatic heterocycles. The zero-order valence-electron chi connectivity index (χ0n) is 9.64. The zero-order chi connectivity index (χ0) is 13.0. The monoisotopic (exact) mass is 246 g/mol. The lowest BCUT2D eigenvalue weighted by atomic mass is 10.2. The van der Waals surface area contributed by atoms with Crippen molar-refractivity contribution in [2.24, 2.45) is 0 Å². The normalized spacial score (nSPS) is 9.89. The second-order valence-electron chi connectivity index (χ2n) is 3.49. The molecule has 0 atom stereocenters. The molecule has 2 heterocycles. The molecule has 0 aliphatic rings. The summed E-state index contributed by atoms with van der Waals surface area (Å²) in [4.78, 5) is 19.6. The van der Waals surface area contributed by atoms with Gasteiger partial charge in [0, 0.05) is 25.1 Å². The number of nitrogens with one attached hydrogen (secondary N) is 2. The number of anilines is 2. The molecule has 2 aromatic heterocycles. The van der Waals surface area contributed by atoms with Gasteiger partial charge in [-0.05, 0) is 18.2 Å². The van der Waals surface area contributed by atoms with Crippen molar-refractivity contribution >= 4 is 17.4 Å². The molecular weight excluding hydrogens is 235 g/mol. The standard InChI is InChI=1S/C12H11FN4O/c1-14-11-10(6-8(13)7-16-11)12(18)17-9-2-4-15-5-3-9/h2-7H,1H3,(H,14,16)(H,15,17,18). The summed E-state index contributed by atoms with van der Waals surface area (Å²) in [6.07, 6.45) is 4.16. The van der Waals surface area contributed by atoms with E-state index in [2.05, 4.69) is 20.6 Å². The Bertz CT molecular complexity index is 559. The van der Waals surface area contributed by atoms with Crippen molar-refractivity contribution in [1.82, 2.24) is 9.97 Å². The number of carbonyl (C=O) groups excluding carboxylic acids is 1. The van der Waals surface area contributed by atoms with Crippen LogP contribution in [0.1, 0.15) is 10.4 Å². The number of pyridine rings is 2. The van der Waals surface area contributed by atoms with Crippen LogP contribution in [0.4, 0.5) is 15.9 Å². The number of nitrogens with zero attached hydrogens (tertiary/aromatic N) is 2. The Kier molecular flexibility index (Phi) is 3.47. The molecular formula is C12H11FN4O. The highest BCUT2D eigenvalue weighted by molar-refractivity contribution is 6.07. The average Bonchev–Trinajstić information content (AvgIpc) is 2.40. The van der Waals surface area contributed by atoms with Gasteiger partial charge >= 0.3 is 0 Å². The first kappa shape index (κ1) is 12.0. The fraction of sp³-hybridized carbons (Fsp3) is 0.0833. The maximum atomic E-state index is 13.1. The molecule has 0 radical (unpaired) electrons. The van der Waals surface area contributed by atoms with Crippen LogP contribution in [-0.2, 0) is 0 Å². The third-order valence-corrected chi connectivity index (χ3v) is 2.27. The van der Waals surface area contributed by atoms with Gasteiger partial charge in [-0.25, -0.2) is 9.37 Å². The van der Waals surface area contributed by atoms with Crippen molar-refractivity contribution in [3.05, 3.63) is 48.2 Å². The fourth-order valence-corrected chi connectivity index (χ4v) is 1.45. The molecule has 0 fully saturated rings. The van der Waals surface area contributed by atoms with Crippen molar-refractivity contribution in [2.45, 2.75) is 0 Å². The van der Waals surface area contributed by atoms with E-state index in [0.717, 1.165) is 12.3 Å². The molecule has 0 aromatic carbocycles. The fourth-order valence-electron chi connectivity index (χ4n) is 1.45. The van der Waals surface area contributed by atoms with E-state index in [1.807, 2.05) is 0 Å². The Balaban J connectivity index is 2.26. The summed E-state index contributed by atoms with van der Waals surface area (Å²) in [7, 11) is 1.61. The Hall–Kier alpha value is -2.50. The first-order chi connectivity index (χ1) is 8.70. The van der Waals surface area contributed by atoms with Crippen molar-refractivity contribution in [3.8, 4) is 0 Å². The summed E-state index contributed by atoms with van der Waals surface area (Å²) >= 11 is 0. The number of rotatable bonds is 3. The first-order valence-corrected chi connectivity index (χ1v) is 5.25. The van der Waals surface area contributed by atoms with Crippen molar-refractivity contribution in [3.63, 3.8) is 0 Å². The topological polar surface area (TPSA) is 66.9 Å². The quantitative estimate of drug-likeness (QED) is 0.868. The maximum absolute atomic E-state index is 13.1. The van der Waals surface area contributed by atoms with Gasteiger partial charge in [-0.3, -0.25) is 9.78 Å². The number of aromatic nitrogens is 2. The van der Waals surface area contributed by atoms with Crippen LogP contribution in [0.5, 0.6) is 0 Å². The molecule has 0 unspecified atom stereocenters. The highest BCUT2D eigenvalue weighted by Crippen LogP contribution is 2.15. The first-order valence-electron chi connectivity index (χ1n) is 5.25. The van der Waals surface area contributed by atoms with Crippen LogP contribution in [0.15, 0.2) is 36.8 Å². The molecule has 2 aromatic rings. The third-order valence-electron chi connectivity index (χ3n) is 2.27. The van der Waals surface area contributed by atoms with E-state index >= 15 is 0 Å².